The average molecular weight is 253 g/mol. The first-order valence-corrected chi connectivity index (χ1v) is 4.50. The van der Waals surface area contributed by atoms with Gasteiger partial charge in [-0.2, -0.15) is 0 Å². The van der Waals surface area contributed by atoms with Crippen molar-refractivity contribution in [3.05, 3.63) is 18.0 Å². The quantitative estimate of drug-likeness (QED) is 0.853. The van der Waals surface area contributed by atoms with Crippen molar-refractivity contribution < 1.29 is 0 Å². The van der Waals surface area contributed by atoms with Gasteiger partial charge in [-0.15, -0.1) is 24.8 Å². The molecule has 1 aromatic heterocycles. The lowest BCUT2D eigenvalue weighted by Gasteiger charge is -2.03. The first-order valence-electron chi connectivity index (χ1n) is 4.50. The Kier molecular flexibility index (Phi) is 9.77. The fourth-order valence-electron chi connectivity index (χ4n) is 1.12. The molecule has 0 bridgehead atoms. The number of nitrogen functional groups attached to an aromatic ring is 1. The summed E-state index contributed by atoms with van der Waals surface area (Å²) in [6, 6.07) is 0.273. The molecule has 0 aliphatic carbocycles. The lowest BCUT2D eigenvalue weighted by molar-refractivity contribution is 0.623. The highest BCUT2D eigenvalue weighted by Gasteiger charge is 1.97. The molecule has 0 unspecified atom stereocenters. The largest absolute Gasteiger partial charge is 0.368 e. The third-order valence-electron chi connectivity index (χ3n) is 1.85. The van der Waals surface area contributed by atoms with Gasteiger partial charge in [0.05, 0.1) is 0 Å². The SMILES string of the molecule is C[C@H](N)CCCc1cnc(N)nc1.Cl.Cl. The molecule has 15 heavy (non-hydrogen) atoms. The van der Waals surface area contributed by atoms with Crippen molar-refractivity contribution in [1.82, 2.24) is 9.97 Å². The summed E-state index contributed by atoms with van der Waals surface area (Å²) < 4.78 is 0. The second-order valence-electron chi connectivity index (χ2n) is 3.32. The Labute approximate surface area is 103 Å². The second kappa shape index (κ2) is 8.71. The maximum atomic E-state index is 5.63. The summed E-state index contributed by atoms with van der Waals surface area (Å²) in [4.78, 5) is 7.82. The minimum Gasteiger partial charge on any atom is -0.368 e. The van der Waals surface area contributed by atoms with Crippen LogP contribution in [0.4, 0.5) is 5.95 Å². The van der Waals surface area contributed by atoms with Crippen LogP contribution in [0.3, 0.4) is 0 Å². The second-order valence-corrected chi connectivity index (χ2v) is 3.32. The van der Waals surface area contributed by atoms with Gasteiger partial charge in [-0.1, -0.05) is 0 Å². The lowest BCUT2D eigenvalue weighted by atomic mass is 10.1. The molecule has 0 radical (unpaired) electrons. The number of anilines is 1. The van der Waals surface area contributed by atoms with Gasteiger partial charge in [0.15, 0.2) is 0 Å². The van der Waals surface area contributed by atoms with Crippen LogP contribution in [0.25, 0.3) is 0 Å². The van der Waals surface area contributed by atoms with Crippen molar-refractivity contribution in [2.75, 3.05) is 5.73 Å². The fraction of sp³-hybridized carbons (Fsp3) is 0.556. The Morgan fingerprint density at radius 2 is 1.80 bits per heavy atom. The molecular formula is C9H18Cl2N4. The van der Waals surface area contributed by atoms with E-state index < -0.39 is 0 Å². The highest BCUT2D eigenvalue weighted by Crippen LogP contribution is 2.04. The van der Waals surface area contributed by atoms with Crippen LogP contribution in [-0.4, -0.2) is 16.0 Å². The summed E-state index contributed by atoms with van der Waals surface area (Å²) in [7, 11) is 0. The molecule has 1 rings (SSSR count). The van der Waals surface area contributed by atoms with Crippen LogP contribution in [0, 0.1) is 0 Å². The van der Waals surface area contributed by atoms with Crippen molar-refractivity contribution in [2.24, 2.45) is 5.73 Å². The lowest BCUT2D eigenvalue weighted by Crippen LogP contribution is -2.14. The first kappa shape index (κ1) is 16.8. The Morgan fingerprint density at radius 1 is 1.27 bits per heavy atom. The van der Waals surface area contributed by atoms with Gasteiger partial charge in [-0.05, 0) is 31.7 Å². The molecule has 0 saturated carbocycles. The Hall–Kier alpha value is -0.580. The van der Waals surface area contributed by atoms with Gasteiger partial charge < -0.3 is 11.5 Å². The summed E-state index contributed by atoms with van der Waals surface area (Å²) in [5, 5.41) is 0. The van der Waals surface area contributed by atoms with Crippen molar-refractivity contribution in [2.45, 2.75) is 32.2 Å². The van der Waals surface area contributed by atoms with E-state index >= 15 is 0 Å². The standard InChI is InChI=1S/C9H16N4.2ClH/c1-7(10)3-2-4-8-5-12-9(11)13-6-8;;/h5-7H,2-4,10H2,1H3,(H2,11,12,13);2*1H/t7-;;/m0../s1. The molecule has 0 spiro atoms. The minimum atomic E-state index is 0. The highest BCUT2D eigenvalue weighted by molar-refractivity contribution is 5.85. The number of aryl methyl sites for hydroxylation is 1. The predicted octanol–water partition coefficient (Wildman–Crippen LogP) is 1.57. The number of halogens is 2. The molecule has 4 N–H and O–H groups in total. The van der Waals surface area contributed by atoms with Crippen LogP contribution in [-0.2, 0) is 6.42 Å². The van der Waals surface area contributed by atoms with Crippen LogP contribution >= 0.6 is 24.8 Å². The Morgan fingerprint density at radius 3 is 2.27 bits per heavy atom. The maximum absolute atomic E-state index is 5.63. The number of nitrogens with zero attached hydrogens (tertiary/aromatic N) is 2. The summed E-state index contributed by atoms with van der Waals surface area (Å²) in [6.07, 6.45) is 6.62. The van der Waals surface area contributed by atoms with Crippen LogP contribution in [0.2, 0.25) is 0 Å². The van der Waals surface area contributed by atoms with E-state index in [1.54, 1.807) is 12.4 Å². The van der Waals surface area contributed by atoms with Crippen molar-refractivity contribution in [3.63, 3.8) is 0 Å². The monoisotopic (exact) mass is 252 g/mol. The van der Waals surface area contributed by atoms with E-state index in [0.29, 0.717) is 5.95 Å². The predicted molar refractivity (Wildman–Crippen MR) is 67.5 cm³/mol. The first-order chi connectivity index (χ1) is 6.18. The molecule has 0 aromatic carbocycles. The van der Waals surface area contributed by atoms with E-state index in [1.165, 1.54) is 0 Å². The van der Waals surface area contributed by atoms with Crippen LogP contribution in [0.5, 0.6) is 0 Å². The normalized spacial score (nSPS) is 11.1. The molecule has 4 nitrogen and oxygen atoms in total. The van der Waals surface area contributed by atoms with Crippen molar-refractivity contribution in [1.29, 1.82) is 0 Å². The molecule has 6 heteroatoms. The summed E-state index contributed by atoms with van der Waals surface area (Å²) in [5.74, 6) is 0.330. The number of hydrogen-bond donors (Lipinski definition) is 2. The molecule has 1 atom stereocenters. The van der Waals surface area contributed by atoms with Gasteiger partial charge in [0.25, 0.3) is 0 Å². The van der Waals surface area contributed by atoms with Gasteiger partial charge in [-0.3, -0.25) is 0 Å². The molecule has 1 heterocycles. The zero-order valence-electron chi connectivity index (χ0n) is 8.72. The zero-order valence-corrected chi connectivity index (χ0v) is 10.4. The van der Waals surface area contributed by atoms with Crippen LogP contribution in [0.15, 0.2) is 12.4 Å². The number of hydrogen-bond acceptors (Lipinski definition) is 4. The zero-order chi connectivity index (χ0) is 9.68. The van der Waals surface area contributed by atoms with Crippen molar-refractivity contribution in [3.8, 4) is 0 Å². The molecule has 88 valence electrons. The number of nitrogens with two attached hydrogens (primary N) is 2. The van der Waals surface area contributed by atoms with Crippen molar-refractivity contribution >= 4 is 30.8 Å². The van der Waals surface area contributed by atoms with Crippen LogP contribution < -0.4 is 11.5 Å². The van der Waals surface area contributed by atoms with E-state index in [9.17, 15) is 0 Å². The number of rotatable bonds is 4. The third kappa shape index (κ3) is 7.36. The van der Waals surface area contributed by atoms with E-state index in [4.69, 9.17) is 11.5 Å². The molecule has 0 fully saturated rings. The van der Waals surface area contributed by atoms with E-state index in [1.807, 2.05) is 6.92 Å². The molecule has 0 aliphatic heterocycles. The summed E-state index contributed by atoms with van der Waals surface area (Å²) in [5.41, 5.74) is 12.1. The van der Waals surface area contributed by atoms with E-state index in [0.717, 1.165) is 24.8 Å². The van der Waals surface area contributed by atoms with Gasteiger partial charge in [-0.25, -0.2) is 9.97 Å². The average Bonchev–Trinajstić information content (AvgIpc) is 2.08. The molecule has 1 aromatic rings. The maximum Gasteiger partial charge on any atom is 0.219 e. The van der Waals surface area contributed by atoms with Gasteiger partial charge in [0, 0.05) is 18.4 Å². The van der Waals surface area contributed by atoms with E-state index in [-0.39, 0.29) is 30.9 Å². The highest BCUT2D eigenvalue weighted by atomic mass is 35.5. The Bertz CT molecular complexity index is 251. The smallest absolute Gasteiger partial charge is 0.219 e. The minimum absolute atomic E-state index is 0. The topological polar surface area (TPSA) is 77.8 Å². The van der Waals surface area contributed by atoms with Gasteiger partial charge >= 0.3 is 0 Å². The van der Waals surface area contributed by atoms with Crippen LogP contribution in [0.1, 0.15) is 25.3 Å². The Balaban J connectivity index is 0. The number of aromatic nitrogens is 2. The molecule has 0 amide bonds. The molecule has 0 aliphatic rings. The molecule has 0 saturated heterocycles. The summed E-state index contributed by atoms with van der Waals surface area (Å²) in [6.45, 7) is 2.01. The third-order valence-corrected chi connectivity index (χ3v) is 1.85. The van der Waals surface area contributed by atoms with Gasteiger partial charge in [0.1, 0.15) is 0 Å². The van der Waals surface area contributed by atoms with E-state index in [2.05, 4.69) is 9.97 Å². The fourth-order valence-corrected chi connectivity index (χ4v) is 1.12. The van der Waals surface area contributed by atoms with Gasteiger partial charge in [0.2, 0.25) is 5.95 Å². The molecular weight excluding hydrogens is 235 g/mol. The summed E-state index contributed by atoms with van der Waals surface area (Å²) >= 11 is 0.